The molecule has 3 aromatic rings. The van der Waals surface area contributed by atoms with Gasteiger partial charge in [-0.2, -0.15) is 0 Å². The molecule has 2 N–H and O–H groups in total. The number of ether oxygens (including phenoxy) is 1. The summed E-state index contributed by atoms with van der Waals surface area (Å²) in [5, 5.41) is 6.25. The normalized spacial score (nSPS) is 12.0. The molecule has 2 aromatic carbocycles. The predicted molar refractivity (Wildman–Crippen MR) is 99.1 cm³/mol. The van der Waals surface area contributed by atoms with Crippen molar-refractivity contribution in [3.8, 4) is 5.75 Å². The summed E-state index contributed by atoms with van der Waals surface area (Å²) in [5.41, 5.74) is 3.14. The van der Waals surface area contributed by atoms with Crippen molar-refractivity contribution in [3.05, 3.63) is 71.0 Å². The molecule has 0 radical (unpaired) electrons. The molecule has 1 atom stereocenters. The van der Waals surface area contributed by atoms with Crippen LogP contribution in [0.1, 0.15) is 11.3 Å². The van der Waals surface area contributed by atoms with Gasteiger partial charge in [0.25, 0.3) is 0 Å². The highest BCUT2D eigenvalue weighted by atomic mass is 32.1. The molecule has 25 heavy (non-hydrogen) atoms. The zero-order valence-corrected chi connectivity index (χ0v) is 15.1. The summed E-state index contributed by atoms with van der Waals surface area (Å²) in [6, 6.07) is 14.4. The summed E-state index contributed by atoms with van der Waals surface area (Å²) in [5.74, 6) is 0.631. The zero-order chi connectivity index (χ0) is 17.6. The van der Waals surface area contributed by atoms with Crippen LogP contribution in [0.3, 0.4) is 0 Å². The van der Waals surface area contributed by atoms with Crippen molar-refractivity contribution in [2.75, 3.05) is 19.5 Å². The van der Waals surface area contributed by atoms with E-state index in [4.69, 9.17) is 4.74 Å². The number of rotatable bonds is 7. The third-order valence-corrected chi connectivity index (χ3v) is 4.60. The third-order valence-electron chi connectivity index (χ3n) is 3.80. The van der Waals surface area contributed by atoms with Crippen molar-refractivity contribution < 1.29 is 14.0 Å². The Labute approximate surface area is 150 Å². The highest BCUT2D eigenvalue weighted by Crippen LogP contribution is 2.22. The average molecular weight is 358 g/mol. The van der Waals surface area contributed by atoms with Gasteiger partial charge in [0.15, 0.2) is 5.13 Å². The maximum Gasteiger partial charge on any atom is 0.187 e. The number of hydrogen-bond acceptors (Lipinski definition) is 4. The first-order valence-corrected chi connectivity index (χ1v) is 8.91. The number of aromatic nitrogens is 1. The Morgan fingerprint density at radius 1 is 1.08 bits per heavy atom. The minimum Gasteiger partial charge on any atom is -0.497 e. The molecule has 0 aliphatic heterocycles. The van der Waals surface area contributed by atoms with Gasteiger partial charge in [0.05, 0.1) is 14.2 Å². The lowest BCUT2D eigenvalue weighted by Crippen LogP contribution is -3.06. The molecular weight excluding hydrogens is 337 g/mol. The maximum absolute atomic E-state index is 13.0. The quantitative estimate of drug-likeness (QED) is 0.681. The second-order valence-corrected chi connectivity index (χ2v) is 6.79. The smallest absolute Gasteiger partial charge is 0.187 e. The summed E-state index contributed by atoms with van der Waals surface area (Å²) >= 11 is 1.59. The van der Waals surface area contributed by atoms with Gasteiger partial charge in [0.2, 0.25) is 0 Å². The number of thiazole rings is 1. The molecular formula is C19H21FN3OS+. The number of hydrogen-bond donors (Lipinski definition) is 2. The van der Waals surface area contributed by atoms with Crippen LogP contribution in [0.25, 0.3) is 0 Å². The van der Waals surface area contributed by atoms with E-state index >= 15 is 0 Å². The van der Waals surface area contributed by atoms with Crippen LogP contribution >= 0.6 is 11.3 Å². The molecule has 0 spiro atoms. The molecule has 1 heterocycles. The van der Waals surface area contributed by atoms with E-state index in [9.17, 15) is 4.39 Å². The van der Waals surface area contributed by atoms with Crippen molar-refractivity contribution in [2.24, 2.45) is 0 Å². The SMILES string of the molecule is COc1ccc(Nc2nc(C[NH+](C)Cc3ccc(F)cc3)cs2)cc1. The van der Waals surface area contributed by atoms with Crippen LogP contribution in [0.4, 0.5) is 15.2 Å². The molecule has 0 fully saturated rings. The van der Waals surface area contributed by atoms with Gasteiger partial charge in [0.1, 0.15) is 30.4 Å². The molecule has 1 unspecified atom stereocenters. The Bertz CT molecular complexity index is 802. The Morgan fingerprint density at radius 2 is 1.80 bits per heavy atom. The van der Waals surface area contributed by atoms with E-state index in [1.165, 1.54) is 17.0 Å². The zero-order valence-electron chi connectivity index (χ0n) is 14.3. The molecule has 4 nitrogen and oxygen atoms in total. The van der Waals surface area contributed by atoms with Crippen LogP contribution in [0.5, 0.6) is 5.75 Å². The van der Waals surface area contributed by atoms with Crippen LogP contribution in [0.15, 0.2) is 53.9 Å². The molecule has 0 aliphatic rings. The number of methoxy groups -OCH3 is 1. The molecule has 3 rings (SSSR count). The highest BCUT2D eigenvalue weighted by molar-refractivity contribution is 7.13. The van der Waals surface area contributed by atoms with Gasteiger partial charge in [-0.1, -0.05) is 12.1 Å². The van der Waals surface area contributed by atoms with Gasteiger partial charge in [-0.05, 0) is 36.4 Å². The minimum atomic E-state index is -0.199. The molecule has 0 aliphatic carbocycles. The number of halogens is 1. The summed E-state index contributed by atoms with van der Waals surface area (Å²) in [4.78, 5) is 5.94. The topological polar surface area (TPSA) is 38.6 Å². The van der Waals surface area contributed by atoms with Crippen molar-refractivity contribution in [1.82, 2.24) is 4.98 Å². The second kappa shape index (κ2) is 8.09. The van der Waals surface area contributed by atoms with Gasteiger partial charge >= 0.3 is 0 Å². The lowest BCUT2D eigenvalue weighted by molar-refractivity contribution is -0.908. The van der Waals surface area contributed by atoms with E-state index in [1.807, 2.05) is 36.4 Å². The average Bonchev–Trinajstić information content (AvgIpc) is 3.04. The molecule has 0 amide bonds. The van der Waals surface area contributed by atoms with E-state index in [-0.39, 0.29) is 5.82 Å². The van der Waals surface area contributed by atoms with E-state index in [0.29, 0.717) is 0 Å². The van der Waals surface area contributed by atoms with Crippen molar-refractivity contribution in [2.45, 2.75) is 13.1 Å². The standard InChI is InChI=1S/C19H20FN3OS/c1-23(11-14-3-5-15(20)6-4-14)12-17-13-25-19(22-17)21-16-7-9-18(24-2)10-8-16/h3-10,13H,11-12H2,1-2H3,(H,21,22)/p+1. The predicted octanol–water partition coefficient (Wildman–Crippen LogP) is 3.25. The Kier molecular flexibility index (Phi) is 5.63. The third kappa shape index (κ3) is 5.01. The number of anilines is 2. The van der Waals surface area contributed by atoms with Crippen LogP contribution < -0.4 is 15.0 Å². The van der Waals surface area contributed by atoms with Gasteiger partial charge in [-0.25, -0.2) is 9.37 Å². The maximum atomic E-state index is 13.0. The lowest BCUT2D eigenvalue weighted by Gasteiger charge is -2.12. The molecule has 6 heteroatoms. The van der Waals surface area contributed by atoms with E-state index in [1.54, 1.807) is 18.4 Å². The first-order valence-electron chi connectivity index (χ1n) is 8.03. The fraction of sp³-hybridized carbons (Fsp3) is 0.211. The number of nitrogens with zero attached hydrogens (tertiary/aromatic N) is 1. The molecule has 0 saturated carbocycles. The van der Waals surface area contributed by atoms with Crippen LogP contribution in [0, 0.1) is 5.82 Å². The first kappa shape index (κ1) is 17.4. The Hall–Kier alpha value is -2.44. The molecule has 0 bridgehead atoms. The highest BCUT2D eigenvalue weighted by Gasteiger charge is 2.09. The Balaban J connectivity index is 1.56. The van der Waals surface area contributed by atoms with Crippen LogP contribution in [-0.2, 0) is 13.1 Å². The van der Waals surface area contributed by atoms with Crippen LogP contribution in [-0.4, -0.2) is 19.1 Å². The lowest BCUT2D eigenvalue weighted by atomic mass is 10.2. The van der Waals surface area contributed by atoms with Gasteiger partial charge in [-0.15, -0.1) is 11.3 Å². The monoisotopic (exact) mass is 358 g/mol. The molecule has 0 saturated heterocycles. The van der Waals surface area contributed by atoms with Gasteiger partial charge in [0, 0.05) is 16.6 Å². The van der Waals surface area contributed by atoms with E-state index in [2.05, 4.69) is 22.7 Å². The molecule has 1 aromatic heterocycles. The fourth-order valence-corrected chi connectivity index (χ4v) is 3.30. The summed E-state index contributed by atoms with van der Waals surface area (Å²) in [7, 11) is 3.76. The number of nitrogens with one attached hydrogen (secondary N) is 2. The van der Waals surface area contributed by atoms with Crippen LogP contribution in [0.2, 0.25) is 0 Å². The van der Waals surface area contributed by atoms with Crippen molar-refractivity contribution in [1.29, 1.82) is 0 Å². The van der Waals surface area contributed by atoms with E-state index in [0.717, 1.165) is 40.9 Å². The van der Waals surface area contributed by atoms with Gasteiger partial charge in [-0.3, -0.25) is 0 Å². The van der Waals surface area contributed by atoms with Gasteiger partial charge < -0.3 is 15.0 Å². The number of benzene rings is 2. The largest absolute Gasteiger partial charge is 0.497 e. The minimum absolute atomic E-state index is 0.199. The number of quaternary nitrogens is 1. The van der Waals surface area contributed by atoms with Crippen molar-refractivity contribution in [3.63, 3.8) is 0 Å². The second-order valence-electron chi connectivity index (χ2n) is 5.93. The fourth-order valence-electron chi connectivity index (χ4n) is 2.57. The summed E-state index contributed by atoms with van der Waals surface area (Å²) < 4.78 is 18.1. The first-order chi connectivity index (χ1) is 12.1. The molecule has 130 valence electrons. The van der Waals surface area contributed by atoms with Crippen molar-refractivity contribution >= 4 is 22.2 Å². The Morgan fingerprint density at radius 3 is 2.48 bits per heavy atom. The summed E-state index contributed by atoms with van der Waals surface area (Å²) in [6.45, 7) is 1.65. The van der Waals surface area contributed by atoms with E-state index < -0.39 is 0 Å². The summed E-state index contributed by atoms with van der Waals surface area (Å²) in [6.07, 6.45) is 0.